The summed E-state index contributed by atoms with van der Waals surface area (Å²) in [6.07, 6.45) is 0. The van der Waals surface area contributed by atoms with Crippen LogP contribution < -0.4 is 10.1 Å². The van der Waals surface area contributed by atoms with Gasteiger partial charge in [-0.15, -0.1) is 0 Å². The van der Waals surface area contributed by atoms with Crippen LogP contribution >= 0.6 is 0 Å². The molecule has 0 aliphatic carbocycles. The normalized spacial score (nSPS) is 10.8. The average Bonchev–Trinajstić information content (AvgIpc) is 2.97. The third-order valence-corrected chi connectivity index (χ3v) is 4.13. The molecule has 0 bridgehead atoms. The van der Waals surface area contributed by atoms with Gasteiger partial charge in [0.05, 0.1) is 24.7 Å². The second-order valence-electron chi connectivity index (χ2n) is 5.63. The van der Waals surface area contributed by atoms with Gasteiger partial charge in [-0.25, -0.2) is 4.98 Å². The molecular formula is C19H21N3O2. The highest BCUT2D eigenvalue weighted by molar-refractivity contribution is 5.94. The lowest BCUT2D eigenvalue weighted by Crippen LogP contribution is -2.24. The second kappa shape index (κ2) is 6.74. The van der Waals surface area contributed by atoms with E-state index in [0.717, 1.165) is 29.0 Å². The van der Waals surface area contributed by atoms with Crippen molar-refractivity contribution < 1.29 is 9.53 Å². The Hall–Kier alpha value is -2.82. The van der Waals surface area contributed by atoms with Gasteiger partial charge in [-0.2, -0.15) is 0 Å². The lowest BCUT2D eigenvalue weighted by molar-refractivity contribution is 0.0949. The van der Waals surface area contributed by atoms with Crippen molar-refractivity contribution >= 4 is 16.9 Å². The highest BCUT2D eigenvalue weighted by Gasteiger charge is 2.12. The summed E-state index contributed by atoms with van der Waals surface area (Å²) < 4.78 is 7.39. The molecule has 0 unspecified atom stereocenters. The maximum absolute atomic E-state index is 12.4. The van der Waals surface area contributed by atoms with Crippen LogP contribution in [0.1, 0.15) is 28.7 Å². The van der Waals surface area contributed by atoms with Crippen LogP contribution in [0.2, 0.25) is 0 Å². The fraction of sp³-hybridized carbons (Fsp3) is 0.263. The second-order valence-corrected chi connectivity index (χ2v) is 5.63. The van der Waals surface area contributed by atoms with Gasteiger partial charge in [-0.1, -0.05) is 18.2 Å². The van der Waals surface area contributed by atoms with Crippen molar-refractivity contribution in [1.82, 2.24) is 14.9 Å². The summed E-state index contributed by atoms with van der Waals surface area (Å²) in [7, 11) is 1.60. The zero-order valence-corrected chi connectivity index (χ0v) is 14.2. The number of hydrogen-bond acceptors (Lipinski definition) is 3. The van der Waals surface area contributed by atoms with Crippen LogP contribution in [-0.2, 0) is 13.1 Å². The maximum Gasteiger partial charge on any atom is 0.251 e. The molecule has 1 aromatic heterocycles. The molecule has 1 heterocycles. The molecule has 0 spiro atoms. The van der Waals surface area contributed by atoms with Crippen LogP contribution in [0.3, 0.4) is 0 Å². The van der Waals surface area contributed by atoms with E-state index in [9.17, 15) is 4.79 Å². The number of nitrogens with zero attached hydrogens (tertiary/aromatic N) is 2. The van der Waals surface area contributed by atoms with Gasteiger partial charge in [0.1, 0.15) is 11.6 Å². The van der Waals surface area contributed by atoms with Gasteiger partial charge >= 0.3 is 0 Å². The summed E-state index contributed by atoms with van der Waals surface area (Å²) in [5.74, 6) is 1.43. The third-order valence-electron chi connectivity index (χ3n) is 4.13. The highest BCUT2D eigenvalue weighted by atomic mass is 16.5. The first kappa shape index (κ1) is 16.1. The van der Waals surface area contributed by atoms with Gasteiger partial charge in [-0.05, 0) is 43.7 Å². The molecule has 1 amide bonds. The number of para-hydroxylation sites is 2. The number of aromatic nitrogens is 2. The first-order valence-electron chi connectivity index (χ1n) is 8.01. The summed E-state index contributed by atoms with van der Waals surface area (Å²) in [4.78, 5) is 17.0. The quantitative estimate of drug-likeness (QED) is 0.784. The number of carbonyl (C=O) groups excluding carboxylic acids is 1. The van der Waals surface area contributed by atoms with E-state index < -0.39 is 0 Å². The number of aryl methyl sites for hydroxylation is 2. The number of carbonyl (C=O) groups is 1. The Morgan fingerprint density at radius 2 is 2.04 bits per heavy atom. The largest absolute Gasteiger partial charge is 0.496 e. The predicted molar refractivity (Wildman–Crippen MR) is 94.3 cm³/mol. The standard InChI is InChI=1S/C19H21N3O2/c1-4-22-16-8-6-5-7-15(16)21-18(22)12-20-19(23)14-10-9-13(2)17(11-14)24-3/h5-11H,4,12H2,1-3H3,(H,20,23). The van der Waals surface area contributed by atoms with E-state index in [0.29, 0.717) is 17.9 Å². The molecule has 0 saturated heterocycles. The molecule has 2 aromatic carbocycles. The number of methoxy groups -OCH3 is 1. The van der Waals surface area contributed by atoms with E-state index in [1.54, 1.807) is 19.2 Å². The van der Waals surface area contributed by atoms with Gasteiger partial charge in [0.25, 0.3) is 5.91 Å². The van der Waals surface area contributed by atoms with E-state index in [4.69, 9.17) is 4.74 Å². The summed E-state index contributed by atoms with van der Waals surface area (Å²) in [5, 5.41) is 2.94. The molecule has 3 aromatic rings. The Morgan fingerprint density at radius 1 is 1.25 bits per heavy atom. The van der Waals surface area contributed by atoms with Crippen molar-refractivity contribution in [2.75, 3.05) is 7.11 Å². The van der Waals surface area contributed by atoms with Crippen LogP contribution in [0.15, 0.2) is 42.5 Å². The summed E-state index contributed by atoms with van der Waals surface area (Å²) >= 11 is 0. The lowest BCUT2D eigenvalue weighted by Gasteiger charge is -2.10. The van der Waals surface area contributed by atoms with Crippen LogP contribution in [0.5, 0.6) is 5.75 Å². The molecule has 1 N–H and O–H groups in total. The number of imidazole rings is 1. The van der Waals surface area contributed by atoms with Gasteiger partial charge < -0.3 is 14.6 Å². The zero-order chi connectivity index (χ0) is 17.1. The molecule has 24 heavy (non-hydrogen) atoms. The predicted octanol–water partition coefficient (Wildman–Crippen LogP) is 3.30. The molecule has 0 fully saturated rings. The van der Waals surface area contributed by atoms with E-state index in [1.807, 2.05) is 37.3 Å². The van der Waals surface area contributed by atoms with E-state index >= 15 is 0 Å². The fourth-order valence-electron chi connectivity index (χ4n) is 2.84. The Bertz CT molecular complexity index is 883. The van der Waals surface area contributed by atoms with E-state index in [1.165, 1.54) is 0 Å². The zero-order valence-electron chi connectivity index (χ0n) is 14.2. The van der Waals surface area contributed by atoms with Crippen LogP contribution in [0, 0.1) is 6.92 Å². The molecule has 5 heteroatoms. The van der Waals surface area contributed by atoms with E-state index in [2.05, 4.69) is 21.8 Å². The first-order valence-corrected chi connectivity index (χ1v) is 8.01. The molecule has 124 valence electrons. The van der Waals surface area contributed by atoms with Gasteiger partial charge in [-0.3, -0.25) is 4.79 Å². The van der Waals surface area contributed by atoms with Crippen molar-refractivity contribution in [3.63, 3.8) is 0 Å². The monoisotopic (exact) mass is 323 g/mol. The van der Waals surface area contributed by atoms with Crippen molar-refractivity contribution in [1.29, 1.82) is 0 Å². The van der Waals surface area contributed by atoms with Crippen molar-refractivity contribution in [2.45, 2.75) is 26.9 Å². The summed E-state index contributed by atoms with van der Waals surface area (Å²) in [6.45, 7) is 5.22. The smallest absolute Gasteiger partial charge is 0.251 e. The number of fused-ring (bicyclic) bond motifs is 1. The molecule has 0 aliphatic rings. The number of benzene rings is 2. The molecule has 0 saturated carbocycles. The number of amides is 1. The Morgan fingerprint density at radius 3 is 2.79 bits per heavy atom. The number of ether oxygens (including phenoxy) is 1. The summed E-state index contributed by atoms with van der Waals surface area (Å²) in [5.41, 5.74) is 3.61. The Kier molecular flexibility index (Phi) is 4.51. The molecule has 5 nitrogen and oxygen atoms in total. The van der Waals surface area contributed by atoms with Gasteiger partial charge in [0, 0.05) is 12.1 Å². The van der Waals surface area contributed by atoms with Gasteiger partial charge in [0.15, 0.2) is 0 Å². The molecule has 0 atom stereocenters. The molecule has 0 radical (unpaired) electrons. The fourth-order valence-corrected chi connectivity index (χ4v) is 2.84. The van der Waals surface area contributed by atoms with Crippen LogP contribution in [-0.4, -0.2) is 22.6 Å². The minimum atomic E-state index is -0.136. The highest BCUT2D eigenvalue weighted by Crippen LogP contribution is 2.19. The van der Waals surface area contributed by atoms with Crippen LogP contribution in [0.4, 0.5) is 0 Å². The third kappa shape index (κ3) is 2.97. The minimum Gasteiger partial charge on any atom is -0.496 e. The van der Waals surface area contributed by atoms with Crippen molar-refractivity contribution in [3.8, 4) is 5.75 Å². The Labute approximate surface area is 141 Å². The number of rotatable bonds is 5. The van der Waals surface area contributed by atoms with Crippen molar-refractivity contribution in [2.24, 2.45) is 0 Å². The Balaban J connectivity index is 1.79. The first-order chi connectivity index (χ1) is 11.6. The average molecular weight is 323 g/mol. The minimum absolute atomic E-state index is 0.136. The topological polar surface area (TPSA) is 56.2 Å². The SMILES string of the molecule is CCn1c(CNC(=O)c2ccc(C)c(OC)c2)nc2ccccc21. The van der Waals surface area contributed by atoms with Crippen LogP contribution in [0.25, 0.3) is 11.0 Å². The van der Waals surface area contributed by atoms with Gasteiger partial charge in [0.2, 0.25) is 0 Å². The molecule has 3 rings (SSSR count). The van der Waals surface area contributed by atoms with E-state index in [-0.39, 0.29) is 5.91 Å². The molecular weight excluding hydrogens is 302 g/mol. The van der Waals surface area contributed by atoms with Crippen molar-refractivity contribution in [3.05, 3.63) is 59.4 Å². The number of nitrogens with one attached hydrogen (secondary N) is 1. The maximum atomic E-state index is 12.4. The molecule has 0 aliphatic heterocycles. The summed E-state index contributed by atoms with van der Waals surface area (Å²) in [6, 6.07) is 13.4. The number of hydrogen-bond donors (Lipinski definition) is 1. The lowest BCUT2D eigenvalue weighted by atomic mass is 10.1.